The molecule has 2 amide bonds. The van der Waals surface area contributed by atoms with Gasteiger partial charge in [-0.15, -0.1) is 0 Å². The standard InChI is InChI=1S/C18H20N4O3S/c1-10(23)19-17-9-16(22-26-17)25-13-5-2-11(3-6-13)18(24)21-15-8-12-4-7-14(15)20-12/h2-3,5-6,9,12,14-15,20H,4,7-8H2,1H3,(H,19,23)(H,21,24). The monoisotopic (exact) mass is 372 g/mol. The van der Waals surface area contributed by atoms with Crippen molar-refractivity contribution in [1.82, 2.24) is 15.0 Å². The number of hydrogen-bond donors (Lipinski definition) is 3. The Kier molecular flexibility index (Phi) is 4.60. The van der Waals surface area contributed by atoms with E-state index in [0.29, 0.717) is 34.3 Å². The normalized spacial score (nSPS) is 23.7. The van der Waals surface area contributed by atoms with Gasteiger partial charge in [-0.2, -0.15) is 4.37 Å². The molecule has 3 atom stereocenters. The van der Waals surface area contributed by atoms with Crippen molar-refractivity contribution in [2.75, 3.05) is 5.32 Å². The lowest BCUT2D eigenvalue weighted by atomic mass is 9.95. The molecule has 2 bridgehead atoms. The summed E-state index contributed by atoms with van der Waals surface area (Å²) in [6.07, 6.45) is 3.36. The predicted octanol–water partition coefficient (Wildman–Crippen LogP) is 2.52. The molecular weight excluding hydrogens is 352 g/mol. The smallest absolute Gasteiger partial charge is 0.251 e. The van der Waals surface area contributed by atoms with Crippen molar-refractivity contribution >= 4 is 28.3 Å². The molecule has 3 heterocycles. The van der Waals surface area contributed by atoms with E-state index in [1.165, 1.54) is 13.3 Å². The number of aromatic nitrogens is 1. The number of nitrogens with zero attached hydrogens (tertiary/aromatic N) is 1. The van der Waals surface area contributed by atoms with Crippen LogP contribution in [-0.4, -0.2) is 34.3 Å². The van der Waals surface area contributed by atoms with Gasteiger partial charge < -0.3 is 20.7 Å². The molecule has 4 rings (SSSR count). The molecule has 1 aromatic heterocycles. The maximum absolute atomic E-state index is 12.4. The third-order valence-electron chi connectivity index (χ3n) is 4.74. The Morgan fingerprint density at radius 2 is 2.08 bits per heavy atom. The van der Waals surface area contributed by atoms with E-state index in [1.807, 2.05) is 0 Å². The molecule has 1 aromatic carbocycles. The fourth-order valence-electron chi connectivity index (χ4n) is 3.57. The van der Waals surface area contributed by atoms with E-state index in [4.69, 9.17) is 4.74 Å². The van der Waals surface area contributed by atoms with E-state index >= 15 is 0 Å². The van der Waals surface area contributed by atoms with Crippen molar-refractivity contribution in [3.63, 3.8) is 0 Å². The summed E-state index contributed by atoms with van der Waals surface area (Å²) in [5, 5.41) is 9.93. The highest BCUT2D eigenvalue weighted by atomic mass is 32.1. The summed E-state index contributed by atoms with van der Waals surface area (Å²) in [6, 6.07) is 9.82. The SMILES string of the molecule is CC(=O)Nc1cc(Oc2ccc(C(=O)NC3CC4CCC3N4)cc2)ns1. The Hall–Kier alpha value is -2.45. The molecule has 26 heavy (non-hydrogen) atoms. The first-order chi connectivity index (χ1) is 12.6. The largest absolute Gasteiger partial charge is 0.438 e. The van der Waals surface area contributed by atoms with Gasteiger partial charge in [-0.3, -0.25) is 9.59 Å². The average Bonchev–Trinajstić information content (AvgIpc) is 3.32. The molecular formula is C18H20N4O3S. The molecule has 0 aliphatic carbocycles. The van der Waals surface area contributed by atoms with Gasteiger partial charge in [0.05, 0.1) is 0 Å². The Labute approximate surface area is 155 Å². The summed E-state index contributed by atoms with van der Waals surface area (Å²) in [7, 11) is 0. The summed E-state index contributed by atoms with van der Waals surface area (Å²) in [4.78, 5) is 23.5. The molecule has 2 aliphatic rings. The van der Waals surface area contributed by atoms with E-state index in [2.05, 4.69) is 20.3 Å². The maximum atomic E-state index is 12.4. The fourth-order valence-corrected chi connectivity index (χ4v) is 4.19. The van der Waals surface area contributed by atoms with E-state index in [1.54, 1.807) is 30.3 Å². The molecule has 136 valence electrons. The first kappa shape index (κ1) is 17.0. The Morgan fingerprint density at radius 1 is 1.27 bits per heavy atom. The number of ether oxygens (including phenoxy) is 1. The van der Waals surface area contributed by atoms with Crippen molar-refractivity contribution < 1.29 is 14.3 Å². The molecule has 0 saturated carbocycles. The van der Waals surface area contributed by atoms with Crippen LogP contribution in [0.4, 0.5) is 5.00 Å². The van der Waals surface area contributed by atoms with Crippen LogP contribution in [0.1, 0.15) is 36.5 Å². The summed E-state index contributed by atoms with van der Waals surface area (Å²) >= 11 is 1.15. The highest BCUT2D eigenvalue weighted by molar-refractivity contribution is 7.10. The van der Waals surface area contributed by atoms with Gasteiger partial charge in [-0.25, -0.2) is 0 Å². The second-order valence-corrected chi connectivity index (χ2v) is 7.51. The van der Waals surface area contributed by atoms with Gasteiger partial charge in [-0.1, -0.05) is 0 Å². The lowest BCUT2D eigenvalue weighted by Gasteiger charge is -2.21. The topological polar surface area (TPSA) is 92.3 Å². The van der Waals surface area contributed by atoms with Crippen LogP contribution in [0.3, 0.4) is 0 Å². The number of carbonyl (C=O) groups is 2. The molecule has 0 spiro atoms. The first-order valence-corrected chi connectivity index (χ1v) is 9.43. The Bertz CT molecular complexity index is 820. The number of benzene rings is 1. The van der Waals surface area contributed by atoms with Crippen LogP contribution in [0.2, 0.25) is 0 Å². The van der Waals surface area contributed by atoms with Gasteiger partial charge in [0.2, 0.25) is 11.8 Å². The van der Waals surface area contributed by atoms with Crippen LogP contribution < -0.4 is 20.7 Å². The highest BCUT2D eigenvalue weighted by Gasteiger charge is 2.39. The van der Waals surface area contributed by atoms with Gasteiger partial charge in [0.15, 0.2) is 0 Å². The second kappa shape index (κ2) is 7.05. The van der Waals surface area contributed by atoms with Gasteiger partial charge in [0, 0.05) is 36.7 Å². The summed E-state index contributed by atoms with van der Waals surface area (Å²) in [5.74, 6) is 0.783. The lowest BCUT2D eigenvalue weighted by molar-refractivity contribution is -0.114. The quantitative estimate of drug-likeness (QED) is 0.750. The van der Waals surface area contributed by atoms with E-state index in [-0.39, 0.29) is 17.9 Å². The number of nitrogens with one attached hydrogen (secondary N) is 3. The first-order valence-electron chi connectivity index (χ1n) is 8.66. The second-order valence-electron chi connectivity index (χ2n) is 6.70. The number of anilines is 1. The number of rotatable bonds is 5. The van der Waals surface area contributed by atoms with Crippen molar-refractivity contribution in [2.45, 2.75) is 44.3 Å². The Morgan fingerprint density at radius 3 is 2.73 bits per heavy atom. The summed E-state index contributed by atoms with van der Waals surface area (Å²) < 4.78 is 9.79. The molecule has 3 N–H and O–H groups in total. The van der Waals surface area contributed by atoms with Crippen LogP contribution in [0.15, 0.2) is 30.3 Å². The number of hydrogen-bond acceptors (Lipinski definition) is 6. The third-order valence-corrected chi connectivity index (χ3v) is 5.43. The van der Waals surface area contributed by atoms with Crippen molar-refractivity contribution in [2.24, 2.45) is 0 Å². The minimum absolute atomic E-state index is 0.0579. The summed E-state index contributed by atoms with van der Waals surface area (Å²) in [6.45, 7) is 1.44. The highest BCUT2D eigenvalue weighted by Crippen LogP contribution is 2.29. The zero-order chi connectivity index (χ0) is 18.1. The van der Waals surface area contributed by atoms with E-state index in [0.717, 1.165) is 24.4 Å². The maximum Gasteiger partial charge on any atom is 0.251 e. The molecule has 2 fully saturated rings. The molecule has 8 heteroatoms. The molecule has 2 aliphatic heterocycles. The van der Waals surface area contributed by atoms with Crippen LogP contribution in [-0.2, 0) is 4.79 Å². The van der Waals surface area contributed by atoms with Crippen LogP contribution >= 0.6 is 11.5 Å². The molecule has 2 saturated heterocycles. The lowest BCUT2D eigenvalue weighted by Crippen LogP contribution is -2.42. The minimum Gasteiger partial charge on any atom is -0.438 e. The molecule has 2 aromatic rings. The van der Waals surface area contributed by atoms with Crippen LogP contribution in [0, 0.1) is 0 Å². The summed E-state index contributed by atoms with van der Waals surface area (Å²) in [5.41, 5.74) is 0.609. The molecule has 0 radical (unpaired) electrons. The van der Waals surface area contributed by atoms with Gasteiger partial charge >= 0.3 is 0 Å². The molecule has 7 nitrogen and oxygen atoms in total. The van der Waals surface area contributed by atoms with Crippen molar-refractivity contribution in [3.8, 4) is 11.6 Å². The average molecular weight is 372 g/mol. The zero-order valence-electron chi connectivity index (χ0n) is 14.3. The van der Waals surface area contributed by atoms with Crippen molar-refractivity contribution in [1.29, 1.82) is 0 Å². The van der Waals surface area contributed by atoms with Crippen LogP contribution in [0.25, 0.3) is 0 Å². The van der Waals surface area contributed by atoms with Gasteiger partial charge in [-0.05, 0) is 55.1 Å². The minimum atomic E-state index is -0.152. The molecule has 3 unspecified atom stereocenters. The third kappa shape index (κ3) is 3.71. The predicted molar refractivity (Wildman–Crippen MR) is 98.8 cm³/mol. The fraction of sp³-hybridized carbons (Fsp3) is 0.389. The number of amides is 2. The number of carbonyl (C=O) groups excluding carboxylic acids is 2. The zero-order valence-corrected chi connectivity index (χ0v) is 15.1. The van der Waals surface area contributed by atoms with Crippen molar-refractivity contribution in [3.05, 3.63) is 35.9 Å². The van der Waals surface area contributed by atoms with Gasteiger partial charge in [0.25, 0.3) is 5.91 Å². The van der Waals surface area contributed by atoms with E-state index < -0.39 is 0 Å². The van der Waals surface area contributed by atoms with Gasteiger partial charge in [0.1, 0.15) is 10.8 Å². The number of fused-ring (bicyclic) bond motifs is 2. The van der Waals surface area contributed by atoms with E-state index in [9.17, 15) is 9.59 Å². The van der Waals surface area contributed by atoms with Crippen LogP contribution in [0.5, 0.6) is 11.6 Å². The Balaban J connectivity index is 1.35.